The van der Waals surface area contributed by atoms with Gasteiger partial charge in [0.25, 0.3) is 0 Å². The van der Waals surface area contributed by atoms with Crippen molar-refractivity contribution in [1.82, 2.24) is 15.6 Å². The van der Waals surface area contributed by atoms with Crippen molar-refractivity contribution in [3.63, 3.8) is 0 Å². The molecule has 0 bridgehead atoms. The Morgan fingerprint density at radius 2 is 2.00 bits per heavy atom. The molecule has 24 heavy (non-hydrogen) atoms. The highest BCUT2D eigenvalue weighted by molar-refractivity contribution is 9.10. The van der Waals surface area contributed by atoms with Gasteiger partial charge < -0.3 is 15.1 Å². The summed E-state index contributed by atoms with van der Waals surface area (Å²) in [5.74, 6) is 1.31. The van der Waals surface area contributed by atoms with Gasteiger partial charge in [0.1, 0.15) is 0 Å². The van der Waals surface area contributed by atoms with E-state index in [1.807, 2.05) is 31.3 Å². The summed E-state index contributed by atoms with van der Waals surface area (Å²) in [6.07, 6.45) is 3.51. The highest BCUT2D eigenvalue weighted by atomic mass is 79.9. The molecule has 0 radical (unpaired) electrons. The van der Waals surface area contributed by atoms with Crippen LogP contribution >= 0.6 is 40.7 Å². The maximum absolute atomic E-state index is 11.7. The van der Waals surface area contributed by atoms with Crippen LogP contribution < -0.4 is 10.6 Å². The molecular formula is C16H22BrCl2N3O2. The van der Waals surface area contributed by atoms with Gasteiger partial charge in [0.2, 0.25) is 5.91 Å². The Labute approximate surface area is 162 Å². The minimum absolute atomic E-state index is 0. The van der Waals surface area contributed by atoms with Crippen LogP contribution in [0.25, 0.3) is 11.3 Å². The number of halogens is 3. The van der Waals surface area contributed by atoms with E-state index in [-0.39, 0.29) is 30.7 Å². The van der Waals surface area contributed by atoms with Gasteiger partial charge in [-0.2, -0.15) is 0 Å². The lowest BCUT2D eigenvalue weighted by Crippen LogP contribution is -2.26. The van der Waals surface area contributed by atoms with Crippen molar-refractivity contribution in [2.75, 3.05) is 20.1 Å². The minimum Gasteiger partial charge on any atom is -0.441 e. The minimum atomic E-state index is 0. The van der Waals surface area contributed by atoms with Gasteiger partial charge in [-0.15, -0.1) is 24.8 Å². The first kappa shape index (κ1) is 22.9. The molecule has 1 amide bonds. The Kier molecular flexibility index (Phi) is 11.8. The monoisotopic (exact) mass is 437 g/mol. The molecule has 1 heterocycles. The molecule has 5 nitrogen and oxygen atoms in total. The van der Waals surface area contributed by atoms with Crippen molar-refractivity contribution < 1.29 is 9.21 Å². The number of nitrogens with one attached hydrogen (secondary N) is 2. The molecule has 0 aliphatic rings. The van der Waals surface area contributed by atoms with E-state index in [1.54, 1.807) is 6.20 Å². The van der Waals surface area contributed by atoms with E-state index in [0.29, 0.717) is 31.0 Å². The van der Waals surface area contributed by atoms with Crippen LogP contribution in [0.3, 0.4) is 0 Å². The second kappa shape index (κ2) is 12.3. The van der Waals surface area contributed by atoms with Gasteiger partial charge in [-0.05, 0) is 26.1 Å². The quantitative estimate of drug-likeness (QED) is 0.617. The first-order chi connectivity index (χ1) is 10.7. The first-order valence-corrected chi connectivity index (χ1v) is 8.11. The maximum atomic E-state index is 11.7. The van der Waals surface area contributed by atoms with Crippen molar-refractivity contribution in [2.24, 2.45) is 0 Å². The molecule has 1 aromatic carbocycles. The Hall–Kier alpha value is -1.08. The van der Waals surface area contributed by atoms with E-state index in [1.165, 1.54) is 0 Å². The zero-order chi connectivity index (χ0) is 15.8. The Morgan fingerprint density at radius 3 is 2.71 bits per heavy atom. The number of rotatable bonds is 8. The van der Waals surface area contributed by atoms with Crippen LogP contribution in [-0.2, 0) is 11.2 Å². The third-order valence-corrected chi connectivity index (χ3v) is 3.88. The Morgan fingerprint density at radius 1 is 1.25 bits per heavy atom. The number of hydrogen-bond donors (Lipinski definition) is 2. The lowest BCUT2D eigenvalue weighted by molar-refractivity contribution is -0.121. The molecule has 0 saturated heterocycles. The molecule has 8 heteroatoms. The third-order valence-electron chi connectivity index (χ3n) is 3.18. The van der Waals surface area contributed by atoms with Gasteiger partial charge in [0, 0.05) is 29.4 Å². The fourth-order valence-corrected chi connectivity index (χ4v) is 2.49. The van der Waals surface area contributed by atoms with Crippen molar-refractivity contribution in [2.45, 2.75) is 19.3 Å². The summed E-state index contributed by atoms with van der Waals surface area (Å²) in [7, 11) is 1.90. The van der Waals surface area contributed by atoms with Gasteiger partial charge in [-0.25, -0.2) is 4.98 Å². The molecule has 0 saturated carbocycles. The van der Waals surface area contributed by atoms with Crippen molar-refractivity contribution >= 4 is 46.7 Å². The van der Waals surface area contributed by atoms with Crippen LogP contribution in [0.2, 0.25) is 0 Å². The second-order valence-electron chi connectivity index (χ2n) is 4.91. The molecule has 0 aliphatic heterocycles. The van der Waals surface area contributed by atoms with Gasteiger partial charge in [0.05, 0.1) is 6.20 Å². The van der Waals surface area contributed by atoms with Crippen molar-refractivity contribution in [3.05, 3.63) is 40.8 Å². The number of benzene rings is 1. The highest BCUT2D eigenvalue weighted by Gasteiger charge is 2.10. The normalized spacial score (nSPS) is 9.75. The van der Waals surface area contributed by atoms with Gasteiger partial charge in [-0.1, -0.05) is 34.1 Å². The standard InChI is InChI=1S/C16H20BrN3O2.2ClH/c1-18-9-4-10-19-15(21)7-8-16-20-11-14(22-16)12-5-2-3-6-13(12)17;;/h2-3,5-6,11,18H,4,7-10H2,1H3,(H,19,21);2*1H. The summed E-state index contributed by atoms with van der Waals surface area (Å²) < 4.78 is 6.67. The molecular weight excluding hydrogens is 417 g/mol. The van der Waals surface area contributed by atoms with Crippen LogP contribution in [0.1, 0.15) is 18.7 Å². The molecule has 0 atom stereocenters. The van der Waals surface area contributed by atoms with E-state index in [9.17, 15) is 4.79 Å². The summed E-state index contributed by atoms with van der Waals surface area (Å²) in [6, 6.07) is 7.81. The van der Waals surface area contributed by atoms with E-state index in [4.69, 9.17) is 4.42 Å². The molecule has 0 spiro atoms. The van der Waals surface area contributed by atoms with Crippen molar-refractivity contribution in [3.8, 4) is 11.3 Å². The highest BCUT2D eigenvalue weighted by Crippen LogP contribution is 2.28. The van der Waals surface area contributed by atoms with E-state index < -0.39 is 0 Å². The van der Waals surface area contributed by atoms with E-state index in [0.717, 1.165) is 23.0 Å². The largest absolute Gasteiger partial charge is 0.441 e. The smallest absolute Gasteiger partial charge is 0.220 e. The van der Waals surface area contributed by atoms with Crippen LogP contribution in [0, 0.1) is 0 Å². The van der Waals surface area contributed by atoms with Crippen LogP contribution in [0.5, 0.6) is 0 Å². The lowest BCUT2D eigenvalue weighted by Gasteiger charge is -2.03. The van der Waals surface area contributed by atoms with Crippen LogP contribution in [0.4, 0.5) is 0 Å². The number of carbonyl (C=O) groups is 1. The molecule has 2 aromatic rings. The zero-order valence-corrected chi connectivity index (χ0v) is 16.6. The summed E-state index contributed by atoms with van der Waals surface area (Å²) in [5, 5.41) is 5.92. The van der Waals surface area contributed by atoms with Crippen LogP contribution in [-0.4, -0.2) is 31.0 Å². The number of hydrogen-bond acceptors (Lipinski definition) is 4. The average Bonchev–Trinajstić information content (AvgIpc) is 2.99. The second-order valence-corrected chi connectivity index (χ2v) is 5.76. The number of nitrogens with zero attached hydrogens (tertiary/aromatic N) is 1. The first-order valence-electron chi connectivity index (χ1n) is 7.31. The fraction of sp³-hybridized carbons (Fsp3) is 0.375. The lowest BCUT2D eigenvalue weighted by atomic mass is 10.2. The predicted molar refractivity (Wildman–Crippen MR) is 104 cm³/mol. The molecule has 0 fully saturated rings. The molecule has 1 aromatic heterocycles. The summed E-state index contributed by atoms with van der Waals surface area (Å²) in [4.78, 5) is 15.9. The third kappa shape index (κ3) is 7.21. The van der Waals surface area contributed by atoms with Gasteiger partial charge in [0.15, 0.2) is 11.7 Å². The number of aryl methyl sites for hydroxylation is 1. The van der Waals surface area contributed by atoms with Gasteiger partial charge in [-0.3, -0.25) is 4.79 Å². The molecule has 0 unspecified atom stereocenters. The Balaban J connectivity index is 0.00000264. The Bertz CT molecular complexity index is 623. The number of carbonyl (C=O) groups excluding carboxylic acids is 1. The summed E-state index contributed by atoms with van der Waals surface area (Å²) >= 11 is 3.49. The van der Waals surface area contributed by atoms with E-state index >= 15 is 0 Å². The molecule has 2 N–H and O–H groups in total. The molecule has 0 aliphatic carbocycles. The number of amides is 1. The molecule has 2 rings (SSSR count). The SMILES string of the molecule is CNCCCNC(=O)CCc1ncc(-c2ccccc2Br)o1.Cl.Cl. The predicted octanol–water partition coefficient (Wildman–Crippen LogP) is 3.61. The van der Waals surface area contributed by atoms with Gasteiger partial charge >= 0.3 is 0 Å². The summed E-state index contributed by atoms with van der Waals surface area (Å²) in [6.45, 7) is 1.59. The number of aromatic nitrogens is 1. The topological polar surface area (TPSA) is 67.2 Å². The number of oxazole rings is 1. The maximum Gasteiger partial charge on any atom is 0.220 e. The summed E-state index contributed by atoms with van der Waals surface area (Å²) in [5.41, 5.74) is 0.956. The van der Waals surface area contributed by atoms with Crippen molar-refractivity contribution in [1.29, 1.82) is 0 Å². The molecule has 134 valence electrons. The fourth-order valence-electron chi connectivity index (χ4n) is 2.01. The average molecular weight is 439 g/mol. The van der Waals surface area contributed by atoms with E-state index in [2.05, 4.69) is 31.5 Å². The van der Waals surface area contributed by atoms with Crippen LogP contribution in [0.15, 0.2) is 39.4 Å². The zero-order valence-electron chi connectivity index (χ0n) is 13.4.